The van der Waals surface area contributed by atoms with Crippen molar-refractivity contribution >= 4 is 11.8 Å². The summed E-state index contributed by atoms with van der Waals surface area (Å²) in [6.07, 6.45) is 0.974. The van der Waals surface area contributed by atoms with E-state index in [0.29, 0.717) is 26.2 Å². The van der Waals surface area contributed by atoms with Gasteiger partial charge in [-0.25, -0.2) is 0 Å². The number of amides is 2. The lowest BCUT2D eigenvalue weighted by molar-refractivity contribution is -0.141. The predicted molar refractivity (Wildman–Crippen MR) is 64.4 cm³/mol. The van der Waals surface area contributed by atoms with E-state index in [9.17, 15) is 9.59 Å². The average Bonchev–Trinajstić information content (AvgIpc) is 2.75. The average molecular weight is 239 g/mol. The van der Waals surface area contributed by atoms with E-state index in [4.69, 9.17) is 0 Å². The van der Waals surface area contributed by atoms with Crippen molar-refractivity contribution in [2.75, 3.05) is 46.3 Å². The molecule has 0 spiro atoms. The smallest absolute Gasteiger partial charge is 0.227 e. The Balaban J connectivity index is 1.84. The van der Waals surface area contributed by atoms with Crippen LogP contribution in [-0.4, -0.2) is 72.8 Å². The molecule has 0 N–H and O–H groups in total. The van der Waals surface area contributed by atoms with Crippen LogP contribution in [0.3, 0.4) is 0 Å². The van der Waals surface area contributed by atoms with Gasteiger partial charge in [0, 0.05) is 39.6 Å². The summed E-state index contributed by atoms with van der Waals surface area (Å²) in [5.74, 6) is 0.555. The maximum atomic E-state index is 12.2. The molecule has 5 heteroatoms. The van der Waals surface area contributed by atoms with Gasteiger partial charge in [0.25, 0.3) is 0 Å². The lowest BCUT2D eigenvalue weighted by atomic mass is 10.1. The molecule has 0 bridgehead atoms. The molecule has 5 nitrogen and oxygen atoms in total. The van der Waals surface area contributed by atoms with Crippen LogP contribution in [-0.2, 0) is 9.59 Å². The van der Waals surface area contributed by atoms with Gasteiger partial charge in [0.2, 0.25) is 11.8 Å². The minimum absolute atomic E-state index is 0.109. The van der Waals surface area contributed by atoms with Gasteiger partial charge in [-0.3, -0.25) is 9.59 Å². The van der Waals surface area contributed by atoms with E-state index >= 15 is 0 Å². The Morgan fingerprint density at radius 3 is 2.06 bits per heavy atom. The fraction of sp³-hybridized carbons (Fsp3) is 0.833. The summed E-state index contributed by atoms with van der Waals surface area (Å²) in [6.45, 7) is 6.24. The molecular formula is C12H21N3O2. The topological polar surface area (TPSA) is 43.9 Å². The summed E-state index contributed by atoms with van der Waals surface area (Å²) in [4.78, 5) is 29.3. The second-order valence-electron chi connectivity index (χ2n) is 5.08. The summed E-state index contributed by atoms with van der Waals surface area (Å²) < 4.78 is 0. The second-order valence-corrected chi connectivity index (χ2v) is 5.08. The SMILES string of the molecule is CC(=O)N1CCN(C(=O)C2CCN(C)C2)CC1. The van der Waals surface area contributed by atoms with E-state index in [1.54, 1.807) is 6.92 Å². The zero-order chi connectivity index (χ0) is 12.4. The molecule has 1 unspecified atom stereocenters. The summed E-state index contributed by atoms with van der Waals surface area (Å²) in [6, 6.07) is 0. The number of rotatable bonds is 1. The third-order valence-electron chi connectivity index (χ3n) is 3.78. The van der Waals surface area contributed by atoms with E-state index in [0.717, 1.165) is 19.5 Å². The van der Waals surface area contributed by atoms with Gasteiger partial charge in [0.05, 0.1) is 5.92 Å². The monoisotopic (exact) mass is 239 g/mol. The van der Waals surface area contributed by atoms with Gasteiger partial charge in [-0.1, -0.05) is 0 Å². The first-order valence-electron chi connectivity index (χ1n) is 6.31. The molecule has 0 radical (unpaired) electrons. The van der Waals surface area contributed by atoms with Crippen molar-refractivity contribution in [3.63, 3.8) is 0 Å². The van der Waals surface area contributed by atoms with Gasteiger partial charge < -0.3 is 14.7 Å². The van der Waals surface area contributed by atoms with Crippen molar-refractivity contribution in [3.8, 4) is 0 Å². The molecule has 1 atom stereocenters. The van der Waals surface area contributed by atoms with Gasteiger partial charge in [-0.15, -0.1) is 0 Å². The van der Waals surface area contributed by atoms with Crippen molar-refractivity contribution in [3.05, 3.63) is 0 Å². The summed E-state index contributed by atoms with van der Waals surface area (Å²) in [5, 5.41) is 0. The number of hydrogen-bond donors (Lipinski definition) is 0. The number of likely N-dealkylation sites (tertiary alicyclic amines) is 1. The summed E-state index contributed by atoms with van der Waals surface area (Å²) in [7, 11) is 2.06. The van der Waals surface area contributed by atoms with Crippen molar-refractivity contribution in [1.29, 1.82) is 0 Å². The molecule has 2 amide bonds. The molecule has 2 fully saturated rings. The Morgan fingerprint density at radius 1 is 1.00 bits per heavy atom. The highest BCUT2D eigenvalue weighted by atomic mass is 16.2. The third kappa shape index (κ3) is 2.77. The van der Waals surface area contributed by atoms with Crippen LogP contribution in [0.25, 0.3) is 0 Å². The normalized spacial score (nSPS) is 26.4. The largest absolute Gasteiger partial charge is 0.339 e. The van der Waals surface area contributed by atoms with Crippen LogP contribution >= 0.6 is 0 Å². The molecule has 0 aromatic carbocycles. The molecule has 2 saturated heterocycles. The number of nitrogens with zero attached hydrogens (tertiary/aromatic N) is 3. The van der Waals surface area contributed by atoms with Crippen LogP contribution in [0.1, 0.15) is 13.3 Å². The van der Waals surface area contributed by atoms with Gasteiger partial charge in [0.15, 0.2) is 0 Å². The zero-order valence-corrected chi connectivity index (χ0v) is 10.7. The van der Waals surface area contributed by atoms with Crippen LogP contribution in [0.4, 0.5) is 0 Å². The van der Waals surface area contributed by atoms with E-state index in [1.807, 2.05) is 9.80 Å². The Morgan fingerprint density at radius 2 is 1.59 bits per heavy atom. The van der Waals surface area contributed by atoms with Crippen LogP contribution in [0.5, 0.6) is 0 Å². The first kappa shape index (κ1) is 12.4. The Hall–Kier alpha value is -1.10. The van der Waals surface area contributed by atoms with Crippen LogP contribution < -0.4 is 0 Å². The van der Waals surface area contributed by atoms with Gasteiger partial charge >= 0.3 is 0 Å². The number of carbonyl (C=O) groups is 2. The molecule has 0 aromatic rings. The van der Waals surface area contributed by atoms with Gasteiger partial charge in [-0.2, -0.15) is 0 Å². The standard InChI is InChI=1S/C12H21N3O2/c1-10(16)14-5-7-15(8-6-14)12(17)11-3-4-13(2)9-11/h11H,3-9H2,1-2H3. The summed E-state index contributed by atoms with van der Waals surface area (Å²) in [5.41, 5.74) is 0. The quantitative estimate of drug-likeness (QED) is 0.627. The fourth-order valence-corrected chi connectivity index (χ4v) is 2.64. The molecule has 0 aliphatic carbocycles. The van der Waals surface area contributed by atoms with E-state index in [2.05, 4.69) is 11.9 Å². The van der Waals surface area contributed by atoms with Crippen LogP contribution in [0, 0.1) is 5.92 Å². The number of hydrogen-bond acceptors (Lipinski definition) is 3. The van der Waals surface area contributed by atoms with E-state index in [1.165, 1.54) is 0 Å². The van der Waals surface area contributed by atoms with Crippen LogP contribution in [0.2, 0.25) is 0 Å². The molecular weight excluding hydrogens is 218 g/mol. The highest BCUT2D eigenvalue weighted by Crippen LogP contribution is 2.18. The summed E-state index contributed by atoms with van der Waals surface area (Å²) >= 11 is 0. The molecule has 17 heavy (non-hydrogen) atoms. The van der Waals surface area contributed by atoms with E-state index < -0.39 is 0 Å². The Bertz CT molecular complexity index is 311. The molecule has 2 rings (SSSR count). The Labute approximate surface area is 102 Å². The molecule has 0 aromatic heterocycles. The maximum absolute atomic E-state index is 12.2. The second kappa shape index (κ2) is 5.04. The molecule has 2 aliphatic heterocycles. The highest BCUT2D eigenvalue weighted by molar-refractivity contribution is 5.80. The van der Waals surface area contributed by atoms with Crippen molar-refractivity contribution in [2.45, 2.75) is 13.3 Å². The highest BCUT2D eigenvalue weighted by Gasteiger charge is 2.31. The van der Waals surface area contributed by atoms with Crippen molar-refractivity contribution in [1.82, 2.24) is 14.7 Å². The first-order valence-corrected chi connectivity index (χ1v) is 6.31. The number of piperazine rings is 1. The van der Waals surface area contributed by atoms with Gasteiger partial charge in [0.1, 0.15) is 0 Å². The molecule has 96 valence electrons. The fourth-order valence-electron chi connectivity index (χ4n) is 2.64. The molecule has 2 aliphatic rings. The molecule has 0 saturated carbocycles. The first-order chi connectivity index (χ1) is 8.08. The van der Waals surface area contributed by atoms with E-state index in [-0.39, 0.29) is 17.7 Å². The zero-order valence-electron chi connectivity index (χ0n) is 10.7. The molecule has 2 heterocycles. The Kier molecular flexibility index (Phi) is 3.66. The third-order valence-corrected chi connectivity index (χ3v) is 3.78. The van der Waals surface area contributed by atoms with Crippen molar-refractivity contribution in [2.24, 2.45) is 5.92 Å². The minimum Gasteiger partial charge on any atom is -0.339 e. The van der Waals surface area contributed by atoms with Crippen LogP contribution in [0.15, 0.2) is 0 Å². The van der Waals surface area contributed by atoms with Crippen molar-refractivity contribution < 1.29 is 9.59 Å². The maximum Gasteiger partial charge on any atom is 0.227 e. The lowest BCUT2D eigenvalue weighted by Gasteiger charge is -2.35. The minimum atomic E-state index is 0.109. The lowest BCUT2D eigenvalue weighted by Crippen LogP contribution is -2.51. The predicted octanol–water partition coefficient (Wildman–Crippen LogP) is -0.371. The number of carbonyl (C=O) groups excluding carboxylic acids is 2. The van der Waals surface area contributed by atoms with Gasteiger partial charge in [-0.05, 0) is 20.0 Å².